The second-order valence-electron chi connectivity index (χ2n) is 9.59. The highest BCUT2D eigenvalue weighted by Crippen LogP contribution is 2.30. The van der Waals surface area contributed by atoms with Gasteiger partial charge in [0.1, 0.15) is 0 Å². The SMILES string of the molecule is CCN1CC(C)=NC(=C2CCN(CC[C@@H](c3ccccc3)N(C)S(=O)(=O)c3ccccc3)CC2)C1. The Morgan fingerprint density at radius 2 is 1.57 bits per heavy atom. The van der Waals surface area contributed by atoms with Crippen LogP contribution in [-0.4, -0.2) is 74.6 Å². The van der Waals surface area contributed by atoms with E-state index in [1.54, 1.807) is 35.6 Å². The van der Waals surface area contributed by atoms with Gasteiger partial charge in [0.15, 0.2) is 0 Å². The normalized spacial score (nSPS) is 19.1. The van der Waals surface area contributed by atoms with E-state index in [-0.39, 0.29) is 6.04 Å². The Morgan fingerprint density at radius 3 is 2.20 bits per heavy atom. The first-order valence-electron chi connectivity index (χ1n) is 12.7. The van der Waals surface area contributed by atoms with Crippen LogP contribution in [0.5, 0.6) is 0 Å². The number of likely N-dealkylation sites (tertiary alicyclic amines) is 1. The molecule has 1 saturated heterocycles. The van der Waals surface area contributed by atoms with Gasteiger partial charge in [0.2, 0.25) is 10.0 Å². The zero-order chi connectivity index (χ0) is 24.8. The smallest absolute Gasteiger partial charge is 0.243 e. The number of likely N-dealkylation sites (N-methyl/N-ethyl adjacent to an activating group) is 1. The van der Waals surface area contributed by atoms with Crippen molar-refractivity contribution in [1.82, 2.24) is 14.1 Å². The summed E-state index contributed by atoms with van der Waals surface area (Å²) < 4.78 is 28.3. The highest BCUT2D eigenvalue weighted by Gasteiger charge is 2.30. The molecule has 0 N–H and O–H groups in total. The molecule has 188 valence electrons. The van der Waals surface area contributed by atoms with E-state index in [0.29, 0.717) is 4.90 Å². The molecule has 0 amide bonds. The van der Waals surface area contributed by atoms with Crippen LogP contribution in [-0.2, 0) is 10.0 Å². The van der Waals surface area contributed by atoms with E-state index in [9.17, 15) is 8.42 Å². The second kappa shape index (κ2) is 11.6. The third-order valence-electron chi connectivity index (χ3n) is 7.23. The minimum Gasteiger partial charge on any atom is -0.303 e. The summed E-state index contributed by atoms with van der Waals surface area (Å²) in [5.41, 5.74) is 4.99. The average molecular weight is 495 g/mol. The maximum Gasteiger partial charge on any atom is 0.243 e. The van der Waals surface area contributed by atoms with E-state index < -0.39 is 10.0 Å². The van der Waals surface area contributed by atoms with Crippen LogP contribution in [0.4, 0.5) is 0 Å². The van der Waals surface area contributed by atoms with E-state index in [0.717, 1.165) is 64.1 Å². The zero-order valence-corrected chi connectivity index (χ0v) is 22.0. The molecule has 0 bridgehead atoms. The van der Waals surface area contributed by atoms with Crippen molar-refractivity contribution >= 4 is 15.7 Å². The van der Waals surface area contributed by atoms with Gasteiger partial charge in [-0.3, -0.25) is 9.89 Å². The highest BCUT2D eigenvalue weighted by molar-refractivity contribution is 7.89. The number of hydrogen-bond acceptors (Lipinski definition) is 5. The summed E-state index contributed by atoms with van der Waals surface area (Å²) >= 11 is 0. The lowest BCUT2D eigenvalue weighted by molar-refractivity contribution is 0.225. The van der Waals surface area contributed by atoms with Crippen molar-refractivity contribution in [3.8, 4) is 0 Å². The van der Waals surface area contributed by atoms with Crippen LogP contribution in [0, 0.1) is 0 Å². The Kier molecular flexibility index (Phi) is 8.55. The summed E-state index contributed by atoms with van der Waals surface area (Å²) in [5.74, 6) is 0. The van der Waals surface area contributed by atoms with E-state index in [4.69, 9.17) is 4.99 Å². The van der Waals surface area contributed by atoms with Crippen molar-refractivity contribution in [2.75, 3.05) is 46.3 Å². The molecule has 0 spiro atoms. The van der Waals surface area contributed by atoms with Crippen molar-refractivity contribution in [2.45, 2.75) is 44.0 Å². The topological polar surface area (TPSA) is 56.2 Å². The number of hydrogen-bond donors (Lipinski definition) is 0. The van der Waals surface area contributed by atoms with Gasteiger partial charge in [-0.15, -0.1) is 0 Å². The van der Waals surface area contributed by atoms with Crippen LogP contribution >= 0.6 is 0 Å². The molecule has 4 rings (SSSR count). The predicted molar refractivity (Wildman–Crippen MR) is 143 cm³/mol. The number of benzene rings is 2. The number of sulfonamides is 1. The summed E-state index contributed by atoms with van der Waals surface area (Å²) in [7, 11) is -1.88. The molecule has 2 heterocycles. The maximum absolute atomic E-state index is 13.4. The van der Waals surface area contributed by atoms with Crippen molar-refractivity contribution in [1.29, 1.82) is 0 Å². The summed E-state index contributed by atoms with van der Waals surface area (Å²) in [6.07, 6.45) is 2.83. The fourth-order valence-electron chi connectivity index (χ4n) is 5.11. The number of rotatable bonds is 8. The zero-order valence-electron chi connectivity index (χ0n) is 21.2. The van der Waals surface area contributed by atoms with Gasteiger partial charge >= 0.3 is 0 Å². The van der Waals surface area contributed by atoms with Gasteiger partial charge in [-0.05, 0) is 56.0 Å². The summed E-state index contributed by atoms with van der Waals surface area (Å²) in [6, 6.07) is 18.5. The fourth-order valence-corrected chi connectivity index (χ4v) is 6.50. The lowest BCUT2D eigenvalue weighted by Crippen LogP contribution is -2.38. The molecule has 1 fully saturated rings. The Morgan fingerprint density at radius 1 is 0.943 bits per heavy atom. The first-order valence-corrected chi connectivity index (χ1v) is 14.1. The Bertz CT molecular complexity index is 1140. The molecule has 2 aromatic rings. The minimum absolute atomic E-state index is 0.218. The van der Waals surface area contributed by atoms with Gasteiger partial charge in [-0.2, -0.15) is 4.31 Å². The molecule has 0 aromatic heterocycles. The molecule has 0 unspecified atom stereocenters. The second-order valence-corrected chi connectivity index (χ2v) is 11.6. The van der Waals surface area contributed by atoms with Crippen molar-refractivity contribution < 1.29 is 8.42 Å². The van der Waals surface area contributed by atoms with Gasteiger partial charge < -0.3 is 4.90 Å². The fraction of sp³-hybridized carbons (Fsp3) is 0.464. The van der Waals surface area contributed by atoms with E-state index in [2.05, 4.69) is 23.6 Å². The molecule has 6 nitrogen and oxygen atoms in total. The van der Waals surface area contributed by atoms with Crippen molar-refractivity contribution in [3.63, 3.8) is 0 Å². The summed E-state index contributed by atoms with van der Waals surface area (Å²) in [4.78, 5) is 10.1. The van der Waals surface area contributed by atoms with Gasteiger partial charge in [0.05, 0.1) is 16.6 Å². The Labute approximate surface area is 211 Å². The molecular weight excluding hydrogens is 456 g/mol. The number of aliphatic imine (C=N–C) groups is 1. The number of nitrogens with zero attached hydrogens (tertiary/aromatic N) is 4. The predicted octanol–water partition coefficient (Wildman–Crippen LogP) is 4.58. The van der Waals surface area contributed by atoms with E-state index >= 15 is 0 Å². The third-order valence-corrected chi connectivity index (χ3v) is 9.11. The Hall–Kier alpha value is -2.32. The number of piperidine rings is 1. The first kappa shape index (κ1) is 25.8. The van der Waals surface area contributed by atoms with Crippen LogP contribution in [0.3, 0.4) is 0 Å². The monoisotopic (exact) mass is 494 g/mol. The van der Waals surface area contributed by atoms with Gasteiger partial charge in [0, 0.05) is 45.5 Å². The minimum atomic E-state index is -3.59. The molecule has 2 aromatic carbocycles. The average Bonchev–Trinajstić information content (AvgIpc) is 2.89. The molecule has 0 radical (unpaired) electrons. The molecule has 1 atom stereocenters. The van der Waals surface area contributed by atoms with Crippen LogP contribution < -0.4 is 0 Å². The summed E-state index contributed by atoms with van der Waals surface area (Å²) in [5, 5.41) is 0. The maximum atomic E-state index is 13.4. The third kappa shape index (κ3) is 6.28. The molecule has 0 saturated carbocycles. The van der Waals surface area contributed by atoms with Crippen LogP contribution in [0.25, 0.3) is 0 Å². The summed E-state index contributed by atoms with van der Waals surface area (Å²) in [6.45, 7) is 10.2. The quantitative estimate of drug-likeness (QED) is 0.539. The Balaban J connectivity index is 1.44. The molecule has 7 heteroatoms. The van der Waals surface area contributed by atoms with Gasteiger partial charge in [-0.25, -0.2) is 8.42 Å². The highest BCUT2D eigenvalue weighted by atomic mass is 32.2. The first-order chi connectivity index (χ1) is 16.9. The molecule has 0 aliphatic carbocycles. The van der Waals surface area contributed by atoms with Crippen LogP contribution in [0.15, 0.2) is 81.8 Å². The molecule has 2 aliphatic heterocycles. The molecule has 35 heavy (non-hydrogen) atoms. The largest absolute Gasteiger partial charge is 0.303 e. The van der Waals surface area contributed by atoms with Gasteiger partial charge in [-0.1, -0.05) is 55.5 Å². The van der Waals surface area contributed by atoms with Crippen molar-refractivity contribution in [2.24, 2.45) is 4.99 Å². The standard InChI is InChI=1S/C28H38N4O2S/c1-4-31-21-23(2)29-27(22-31)24-15-18-32(19-16-24)20-17-28(25-11-7-5-8-12-25)30(3)35(33,34)26-13-9-6-10-14-26/h5-14,28H,4,15-22H2,1-3H3/t28-/m0/s1. The van der Waals surface area contributed by atoms with Crippen LogP contribution in [0.1, 0.15) is 44.7 Å². The van der Waals surface area contributed by atoms with Crippen LogP contribution in [0.2, 0.25) is 0 Å². The lowest BCUT2D eigenvalue weighted by atomic mass is 9.99. The van der Waals surface area contributed by atoms with Gasteiger partial charge in [0.25, 0.3) is 0 Å². The van der Waals surface area contributed by atoms with E-state index in [1.165, 1.54) is 17.0 Å². The molecule has 2 aliphatic rings. The molecular formula is C28H38N4O2S. The van der Waals surface area contributed by atoms with E-state index in [1.807, 2.05) is 36.4 Å². The lowest BCUT2D eigenvalue weighted by Gasteiger charge is -2.34. The van der Waals surface area contributed by atoms with Crippen molar-refractivity contribution in [3.05, 3.63) is 77.5 Å².